The normalized spacial score (nSPS) is 16.1. The van der Waals surface area contributed by atoms with Gasteiger partial charge in [-0.05, 0) is 29.8 Å². The van der Waals surface area contributed by atoms with Gasteiger partial charge in [0.1, 0.15) is 17.4 Å². The summed E-state index contributed by atoms with van der Waals surface area (Å²) in [5.41, 5.74) is 7.93. The minimum atomic E-state index is -0.607. The lowest BCUT2D eigenvalue weighted by Gasteiger charge is -2.27. The van der Waals surface area contributed by atoms with Crippen molar-refractivity contribution in [3.05, 3.63) is 86.5 Å². The SMILES string of the molecule is Cn1c(=O)c2c(c3ccccc31)OC(N)=C(C#N)C2c1ccc(Cl)cc1. The van der Waals surface area contributed by atoms with E-state index in [1.165, 1.54) is 0 Å². The van der Waals surface area contributed by atoms with Crippen LogP contribution < -0.4 is 16.0 Å². The number of nitriles is 1. The summed E-state index contributed by atoms with van der Waals surface area (Å²) >= 11 is 5.99. The molecule has 0 amide bonds. The number of hydrogen-bond donors (Lipinski definition) is 1. The zero-order valence-electron chi connectivity index (χ0n) is 13.9. The number of ether oxygens (including phenoxy) is 1. The lowest BCUT2D eigenvalue weighted by molar-refractivity contribution is 0.396. The highest BCUT2D eigenvalue weighted by Gasteiger charge is 2.35. The van der Waals surface area contributed by atoms with Crippen LogP contribution >= 0.6 is 11.6 Å². The second-order valence-corrected chi connectivity index (χ2v) is 6.54. The molecule has 4 rings (SSSR count). The van der Waals surface area contributed by atoms with Crippen LogP contribution in [0.1, 0.15) is 17.0 Å². The molecule has 2 aromatic carbocycles. The molecular formula is C20H14ClN3O2. The summed E-state index contributed by atoms with van der Waals surface area (Å²) in [4.78, 5) is 13.1. The highest BCUT2D eigenvalue weighted by molar-refractivity contribution is 6.30. The number of aryl methyl sites for hydroxylation is 1. The van der Waals surface area contributed by atoms with Gasteiger partial charge in [0.25, 0.3) is 5.56 Å². The van der Waals surface area contributed by atoms with Gasteiger partial charge in [-0.25, -0.2) is 0 Å². The largest absolute Gasteiger partial charge is 0.439 e. The standard InChI is InChI=1S/C20H14ClN3O2/c1-24-15-5-3-2-4-13(15)18-17(20(24)25)16(14(10-22)19(23)26-18)11-6-8-12(21)9-7-11/h2-9,16H,23H2,1H3. The van der Waals surface area contributed by atoms with E-state index in [-0.39, 0.29) is 17.0 Å². The van der Waals surface area contributed by atoms with Gasteiger partial charge in [-0.2, -0.15) is 5.26 Å². The van der Waals surface area contributed by atoms with Crippen molar-refractivity contribution in [1.29, 1.82) is 5.26 Å². The van der Waals surface area contributed by atoms with Crippen LogP contribution in [0.4, 0.5) is 0 Å². The fourth-order valence-electron chi connectivity index (χ4n) is 3.41. The van der Waals surface area contributed by atoms with E-state index in [1.807, 2.05) is 24.3 Å². The van der Waals surface area contributed by atoms with Gasteiger partial charge in [0.05, 0.1) is 17.0 Å². The highest BCUT2D eigenvalue weighted by Crippen LogP contribution is 2.43. The number of aromatic nitrogens is 1. The van der Waals surface area contributed by atoms with Crippen LogP contribution in [0, 0.1) is 11.3 Å². The zero-order valence-corrected chi connectivity index (χ0v) is 14.6. The minimum Gasteiger partial charge on any atom is -0.439 e. The molecule has 1 aliphatic rings. The Morgan fingerprint density at radius 3 is 2.58 bits per heavy atom. The van der Waals surface area contributed by atoms with Crippen molar-refractivity contribution in [2.45, 2.75) is 5.92 Å². The molecular weight excluding hydrogens is 350 g/mol. The fraction of sp³-hybridized carbons (Fsp3) is 0.100. The summed E-state index contributed by atoms with van der Waals surface area (Å²) in [5, 5.41) is 11.0. The second-order valence-electron chi connectivity index (χ2n) is 6.10. The van der Waals surface area contributed by atoms with Gasteiger partial charge in [0.2, 0.25) is 5.88 Å². The molecule has 0 saturated heterocycles. The summed E-state index contributed by atoms with van der Waals surface area (Å²) in [7, 11) is 1.71. The van der Waals surface area contributed by atoms with Crippen LogP contribution in [-0.2, 0) is 7.05 Å². The van der Waals surface area contributed by atoms with Crippen LogP contribution in [0.2, 0.25) is 5.02 Å². The minimum absolute atomic E-state index is 0.0124. The molecule has 0 radical (unpaired) electrons. The maximum Gasteiger partial charge on any atom is 0.258 e. The number of halogens is 1. The third-order valence-electron chi connectivity index (χ3n) is 4.67. The Hall–Kier alpha value is -3.23. The molecule has 2 heterocycles. The van der Waals surface area contributed by atoms with E-state index in [0.717, 1.165) is 16.5 Å². The summed E-state index contributed by atoms with van der Waals surface area (Å²) in [6.45, 7) is 0. The summed E-state index contributed by atoms with van der Waals surface area (Å²) in [5.74, 6) is -0.192. The molecule has 26 heavy (non-hydrogen) atoms. The molecule has 0 bridgehead atoms. The number of allylic oxidation sites excluding steroid dienone is 1. The number of hydrogen-bond acceptors (Lipinski definition) is 4. The van der Waals surface area contributed by atoms with Crippen LogP contribution in [0.15, 0.2) is 64.8 Å². The van der Waals surface area contributed by atoms with Crippen molar-refractivity contribution in [2.24, 2.45) is 12.8 Å². The predicted molar refractivity (Wildman–Crippen MR) is 99.9 cm³/mol. The third-order valence-corrected chi connectivity index (χ3v) is 4.92. The van der Waals surface area contributed by atoms with Crippen molar-refractivity contribution in [1.82, 2.24) is 4.57 Å². The molecule has 3 aromatic rings. The van der Waals surface area contributed by atoms with Crippen LogP contribution in [0.25, 0.3) is 10.9 Å². The number of benzene rings is 2. The Morgan fingerprint density at radius 1 is 1.19 bits per heavy atom. The molecule has 0 spiro atoms. The summed E-state index contributed by atoms with van der Waals surface area (Å²) in [6.07, 6.45) is 0. The molecule has 1 aliphatic heterocycles. The van der Waals surface area contributed by atoms with Crippen molar-refractivity contribution < 1.29 is 4.74 Å². The lowest BCUT2D eigenvalue weighted by atomic mass is 9.83. The Balaban J connectivity index is 2.12. The van der Waals surface area contributed by atoms with Crippen molar-refractivity contribution >= 4 is 22.5 Å². The van der Waals surface area contributed by atoms with Gasteiger partial charge in [-0.1, -0.05) is 35.9 Å². The van der Waals surface area contributed by atoms with Gasteiger partial charge >= 0.3 is 0 Å². The maximum absolute atomic E-state index is 13.1. The van der Waals surface area contributed by atoms with Gasteiger partial charge < -0.3 is 15.0 Å². The van der Waals surface area contributed by atoms with Crippen LogP contribution in [0.5, 0.6) is 5.75 Å². The van der Waals surface area contributed by atoms with E-state index in [2.05, 4.69) is 6.07 Å². The Labute approximate surface area is 154 Å². The van der Waals surface area contributed by atoms with E-state index < -0.39 is 5.92 Å². The topological polar surface area (TPSA) is 81.0 Å². The maximum atomic E-state index is 13.1. The highest BCUT2D eigenvalue weighted by atomic mass is 35.5. The number of nitrogens with zero attached hydrogens (tertiary/aromatic N) is 2. The first-order chi connectivity index (χ1) is 12.5. The van der Waals surface area contributed by atoms with E-state index in [4.69, 9.17) is 22.1 Å². The van der Waals surface area contributed by atoms with Gasteiger partial charge in [-0.15, -0.1) is 0 Å². The number of nitrogens with two attached hydrogens (primary N) is 1. The van der Waals surface area contributed by atoms with Crippen LogP contribution in [-0.4, -0.2) is 4.57 Å². The molecule has 1 atom stereocenters. The van der Waals surface area contributed by atoms with Crippen molar-refractivity contribution in [3.8, 4) is 11.8 Å². The number of rotatable bonds is 1. The van der Waals surface area contributed by atoms with Crippen molar-refractivity contribution in [2.75, 3.05) is 0 Å². The zero-order chi connectivity index (χ0) is 18.4. The average Bonchev–Trinajstić information content (AvgIpc) is 2.66. The molecule has 0 aliphatic carbocycles. The Bertz CT molecular complexity index is 1170. The molecule has 0 saturated carbocycles. The molecule has 6 heteroatoms. The third kappa shape index (κ3) is 2.27. The number of fused-ring (bicyclic) bond motifs is 3. The molecule has 2 N–H and O–H groups in total. The molecule has 1 unspecified atom stereocenters. The quantitative estimate of drug-likeness (QED) is 0.718. The summed E-state index contributed by atoms with van der Waals surface area (Å²) in [6, 6.07) is 16.6. The average molecular weight is 364 g/mol. The van der Waals surface area contributed by atoms with E-state index in [0.29, 0.717) is 16.3 Å². The molecule has 0 fully saturated rings. The van der Waals surface area contributed by atoms with Gasteiger partial charge in [0.15, 0.2) is 0 Å². The first-order valence-corrected chi connectivity index (χ1v) is 8.35. The summed E-state index contributed by atoms with van der Waals surface area (Å²) < 4.78 is 7.32. The second kappa shape index (κ2) is 5.94. The van der Waals surface area contributed by atoms with Crippen molar-refractivity contribution in [3.63, 3.8) is 0 Å². The fourth-order valence-corrected chi connectivity index (χ4v) is 3.54. The lowest BCUT2D eigenvalue weighted by Crippen LogP contribution is -2.31. The Morgan fingerprint density at radius 2 is 1.88 bits per heavy atom. The van der Waals surface area contributed by atoms with E-state index in [1.54, 1.807) is 35.9 Å². The first-order valence-electron chi connectivity index (χ1n) is 7.97. The van der Waals surface area contributed by atoms with Gasteiger partial charge in [0, 0.05) is 17.5 Å². The smallest absolute Gasteiger partial charge is 0.258 e. The van der Waals surface area contributed by atoms with Gasteiger partial charge in [-0.3, -0.25) is 4.79 Å². The molecule has 1 aromatic heterocycles. The predicted octanol–water partition coefficient (Wildman–Crippen LogP) is 3.41. The number of pyridine rings is 1. The molecule has 5 nitrogen and oxygen atoms in total. The molecule has 128 valence electrons. The monoisotopic (exact) mass is 363 g/mol. The Kier molecular flexibility index (Phi) is 3.71. The van der Waals surface area contributed by atoms with E-state index >= 15 is 0 Å². The number of para-hydroxylation sites is 1. The van der Waals surface area contributed by atoms with Crippen LogP contribution in [0.3, 0.4) is 0 Å². The van der Waals surface area contributed by atoms with E-state index in [9.17, 15) is 10.1 Å². The first kappa shape index (κ1) is 16.2.